The van der Waals surface area contributed by atoms with E-state index in [0.717, 1.165) is 70.7 Å². The summed E-state index contributed by atoms with van der Waals surface area (Å²) in [5, 5.41) is 0. The van der Waals surface area contributed by atoms with Crippen LogP contribution in [0.3, 0.4) is 0 Å². The summed E-state index contributed by atoms with van der Waals surface area (Å²) in [6.07, 6.45) is 7.90. The van der Waals surface area contributed by atoms with Crippen molar-refractivity contribution in [1.29, 1.82) is 0 Å². The minimum atomic E-state index is 0.587. The molecule has 0 N–H and O–H groups in total. The molecule has 0 saturated carbocycles. The van der Waals surface area contributed by atoms with Gasteiger partial charge >= 0.3 is 0 Å². The first kappa shape index (κ1) is 18.4. The number of hydrogen-bond acceptors (Lipinski definition) is 5. The van der Waals surface area contributed by atoms with E-state index in [1.165, 1.54) is 17.5 Å². The monoisotopic (exact) mass is 345 g/mol. The Morgan fingerprint density at radius 2 is 1.88 bits per heavy atom. The van der Waals surface area contributed by atoms with Crippen molar-refractivity contribution in [1.82, 2.24) is 9.80 Å². The van der Waals surface area contributed by atoms with Crippen molar-refractivity contribution in [3.8, 4) is 5.75 Å². The Labute approximate surface area is 150 Å². The third-order valence-corrected chi connectivity index (χ3v) is 5.08. The highest BCUT2D eigenvalue weighted by atomic mass is 17.2. The van der Waals surface area contributed by atoms with Gasteiger partial charge in [0.1, 0.15) is 0 Å². The van der Waals surface area contributed by atoms with E-state index in [9.17, 15) is 4.79 Å². The molecule has 1 saturated heterocycles. The third kappa shape index (κ3) is 5.80. The molecular weight excluding hydrogens is 316 g/mol. The van der Waals surface area contributed by atoms with Gasteiger partial charge in [-0.05, 0) is 49.4 Å². The van der Waals surface area contributed by atoms with Gasteiger partial charge in [-0.25, -0.2) is 0 Å². The SMILES string of the molecule is O=[C]CCCCCN1CCN(Cc2ccc3c(c2)OOCCC3)CC1. The summed E-state index contributed by atoms with van der Waals surface area (Å²) < 4.78 is 0. The fraction of sp³-hybridized carbons (Fsp3) is 0.650. The van der Waals surface area contributed by atoms with Crippen molar-refractivity contribution in [3.63, 3.8) is 0 Å². The number of aryl methyl sites for hydroxylation is 1. The van der Waals surface area contributed by atoms with Crippen molar-refractivity contribution in [2.45, 2.75) is 45.1 Å². The summed E-state index contributed by atoms with van der Waals surface area (Å²) in [5.41, 5.74) is 2.54. The second-order valence-electron chi connectivity index (χ2n) is 7.02. The van der Waals surface area contributed by atoms with Gasteiger partial charge in [0.2, 0.25) is 0 Å². The topological polar surface area (TPSA) is 42.0 Å². The number of unbranched alkanes of at least 4 members (excludes halogenated alkanes) is 3. The lowest BCUT2D eigenvalue weighted by Crippen LogP contribution is -2.46. The summed E-state index contributed by atoms with van der Waals surface area (Å²) >= 11 is 0. The maximum Gasteiger partial charge on any atom is 0.198 e. The van der Waals surface area contributed by atoms with Crippen molar-refractivity contribution in [2.24, 2.45) is 0 Å². The molecule has 1 aromatic carbocycles. The summed E-state index contributed by atoms with van der Waals surface area (Å²) in [6, 6.07) is 6.55. The van der Waals surface area contributed by atoms with Crippen molar-refractivity contribution < 1.29 is 14.6 Å². The standard InChI is InChI=1S/C20H29N2O3/c23-14-4-2-1-3-9-21-10-12-22(13-11-21)17-18-7-8-19-6-5-15-24-25-20(19)16-18/h7-8,16H,1-6,9-13,15,17H2. The molecule has 0 aliphatic carbocycles. The molecule has 0 spiro atoms. The van der Waals surface area contributed by atoms with E-state index >= 15 is 0 Å². The molecule has 5 nitrogen and oxygen atoms in total. The van der Waals surface area contributed by atoms with Gasteiger partial charge in [0.25, 0.3) is 0 Å². The molecule has 2 heterocycles. The predicted octanol–water partition coefficient (Wildman–Crippen LogP) is 2.73. The zero-order valence-corrected chi connectivity index (χ0v) is 15.0. The van der Waals surface area contributed by atoms with E-state index in [1.807, 2.05) is 6.29 Å². The van der Waals surface area contributed by atoms with Gasteiger partial charge in [0.15, 0.2) is 12.0 Å². The average molecular weight is 345 g/mol. The van der Waals surface area contributed by atoms with E-state index in [0.29, 0.717) is 13.0 Å². The van der Waals surface area contributed by atoms with Crippen LogP contribution in [0.15, 0.2) is 18.2 Å². The fourth-order valence-corrected chi connectivity index (χ4v) is 3.55. The lowest BCUT2D eigenvalue weighted by molar-refractivity contribution is -0.203. The number of benzene rings is 1. The highest BCUT2D eigenvalue weighted by molar-refractivity contribution is 5.50. The van der Waals surface area contributed by atoms with E-state index < -0.39 is 0 Å². The van der Waals surface area contributed by atoms with Gasteiger partial charge in [0.05, 0.1) is 6.61 Å². The van der Waals surface area contributed by atoms with Gasteiger partial charge in [-0.3, -0.25) is 9.69 Å². The quantitative estimate of drug-likeness (QED) is 0.535. The summed E-state index contributed by atoms with van der Waals surface area (Å²) in [6.45, 7) is 7.26. The first-order valence-electron chi connectivity index (χ1n) is 9.56. The first-order chi connectivity index (χ1) is 12.3. The average Bonchev–Trinajstić information content (AvgIpc) is 2.88. The van der Waals surface area contributed by atoms with Crippen LogP contribution in [0.1, 0.15) is 43.2 Å². The molecule has 0 aromatic heterocycles. The maximum atomic E-state index is 10.2. The minimum absolute atomic E-state index is 0.587. The second-order valence-corrected chi connectivity index (χ2v) is 7.02. The van der Waals surface area contributed by atoms with Crippen LogP contribution >= 0.6 is 0 Å². The largest absolute Gasteiger partial charge is 0.337 e. The van der Waals surface area contributed by atoms with E-state index in [1.54, 1.807) is 0 Å². The smallest absolute Gasteiger partial charge is 0.198 e. The zero-order valence-electron chi connectivity index (χ0n) is 15.0. The lowest BCUT2D eigenvalue weighted by Gasteiger charge is -2.34. The Hall–Kier alpha value is -1.43. The number of fused-ring (bicyclic) bond motifs is 1. The van der Waals surface area contributed by atoms with Gasteiger partial charge in [-0.15, -0.1) is 0 Å². The molecule has 2 aliphatic rings. The van der Waals surface area contributed by atoms with Crippen LogP contribution in [-0.4, -0.2) is 55.4 Å². The van der Waals surface area contributed by atoms with Gasteiger partial charge in [-0.2, -0.15) is 4.89 Å². The molecule has 0 unspecified atom stereocenters. The number of nitrogens with zero attached hydrogens (tertiary/aromatic N) is 2. The van der Waals surface area contributed by atoms with Crippen LogP contribution < -0.4 is 4.89 Å². The molecule has 1 aromatic rings. The van der Waals surface area contributed by atoms with Gasteiger partial charge in [-0.1, -0.05) is 18.6 Å². The number of rotatable bonds is 8. The Morgan fingerprint density at radius 3 is 2.72 bits per heavy atom. The zero-order chi connectivity index (χ0) is 17.3. The number of carbonyl (C=O) groups excluding carboxylic acids is 1. The van der Waals surface area contributed by atoms with E-state index in [2.05, 4.69) is 28.0 Å². The summed E-state index contributed by atoms with van der Waals surface area (Å²) in [5.74, 6) is 0.890. The molecule has 1 fully saturated rings. The Bertz CT molecular complexity index is 542. The van der Waals surface area contributed by atoms with Crippen LogP contribution in [0.2, 0.25) is 0 Å². The van der Waals surface area contributed by atoms with E-state index in [-0.39, 0.29) is 0 Å². The van der Waals surface area contributed by atoms with Crippen molar-refractivity contribution >= 4 is 6.29 Å². The molecule has 0 amide bonds. The predicted molar refractivity (Wildman–Crippen MR) is 97.2 cm³/mol. The number of piperazine rings is 1. The van der Waals surface area contributed by atoms with E-state index in [4.69, 9.17) is 9.78 Å². The molecular formula is C20H29N2O3. The molecule has 0 bridgehead atoms. The third-order valence-electron chi connectivity index (χ3n) is 5.08. The van der Waals surface area contributed by atoms with Crippen molar-refractivity contribution in [3.05, 3.63) is 29.3 Å². The van der Waals surface area contributed by atoms with Gasteiger partial charge in [0, 0.05) is 39.1 Å². The second kappa shape index (κ2) is 9.90. The molecule has 3 rings (SSSR count). The van der Waals surface area contributed by atoms with Crippen LogP contribution in [0.4, 0.5) is 0 Å². The fourth-order valence-electron chi connectivity index (χ4n) is 3.55. The first-order valence-corrected chi connectivity index (χ1v) is 9.56. The van der Waals surface area contributed by atoms with Crippen molar-refractivity contribution in [2.75, 3.05) is 39.3 Å². The maximum absolute atomic E-state index is 10.2. The summed E-state index contributed by atoms with van der Waals surface area (Å²) in [4.78, 5) is 25.9. The molecule has 2 aliphatic heterocycles. The highest BCUT2D eigenvalue weighted by Gasteiger charge is 2.17. The normalized spacial score (nSPS) is 19.0. The van der Waals surface area contributed by atoms with Crippen LogP contribution in [0, 0.1) is 0 Å². The van der Waals surface area contributed by atoms with Gasteiger partial charge < -0.3 is 9.79 Å². The van der Waals surface area contributed by atoms with Crippen LogP contribution in [0.25, 0.3) is 0 Å². The Kier molecular flexibility index (Phi) is 7.27. The van der Waals surface area contributed by atoms with Crippen LogP contribution in [0.5, 0.6) is 5.75 Å². The number of hydrogen-bond donors (Lipinski definition) is 0. The summed E-state index contributed by atoms with van der Waals surface area (Å²) in [7, 11) is 0. The molecule has 1 radical (unpaired) electrons. The molecule has 0 atom stereocenters. The molecule has 25 heavy (non-hydrogen) atoms. The molecule has 5 heteroatoms. The minimum Gasteiger partial charge on any atom is -0.337 e. The molecule has 137 valence electrons. The Morgan fingerprint density at radius 1 is 1.04 bits per heavy atom. The lowest BCUT2D eigenvalue weighted by atomic mass is 10.1. The van der Waals surface area contributed by atoms with Crippen LogP contribution in [-0.2, 0) is 22.6 Å². The highest BCUT2D eigenvalue weighted by Crippen LogP contribution is 2.25. The Balaban J connectivity index is 1.40.